The molecule has 0 saturated carbocycles. The standard InChI is InChI=1S/C20H27N3O5S2/c1-5-23(6-2)30(27,28)19-12-8-10-17(14-19)20(24)22(4)15(3)16-9-7-11-18(13-16)29(21,25)26/h7-15H,5-6H2,1-4H3,(H2,21,25,26). The highest BCUT2D eigenvalue weighted by Gasteiger charge is 2.25. The largest absolute Gasteiger partial charge is 0.335 e. The number of primary sulfonamides is 1. The van der Waals surface area contributed by atoms with E-state index in [4.69, 9.17) is 5.14 Å². The van der Waals surface area contributed by atoms with E-state index in [1.807, 2.05) is 0 Å². The van der Waals surface area contributed by atoms with Crippen LogP contribution in [0.3, 0.4) is 0 Å². The van der Waals surface area contributed by atoms with Crippen LogP contribution in [-0.2, 0) is 20.0 Å². The molecule has 0 bridgehead atoms. The zero-order valence-corrected chi connectivity index (χ0v) is 19.1. The van der Waals surface area contributed by atoms with Crippen LogP contribution in [0.15, 0.2) is 58.3 Å². The van der Waals surface area contributed by atoms with E-state index in [9.17, 15) is 21.6 Å². The molecule has 164 valence electrons. The van der Waals surface area contributed by atoms with E-state index < -0.39 is 26.1 Å². The molecule has 0 heterocycles. The van der Waals surface area contributed by atoms with Crippen LogP contribution in [0.4, 0.5) is 0 Å². The Morgan fingerprint density at radius 3 is 2.10 bits per heavy atom. The molecule has 1 unspecified atom stereocenters. The van der Waals surface area contributed by atoms with Gasteiger partial charge in [-0.15, -0.1) is 0 Å². The highest BCUT2D eigenvalue weighted by molar-refractivity contribution is 7.89. The summed E-state index contributed by atoms with van der Waals surface area (Å²) in [6.07, 6.45) is 0. The number of carbonyl (C=O) groups excluding carboxylic acids is 1. The van der Waals surface area contributed by atoms with Gasteiger partial charge in [-0.25, -0.2) is 22.0 Å². The van der Waals surface area contributed by atoms with Gasteiger partial charge in [0.15, 0.2) is 0 Å². The number of rotatable bonds is 8. The summed E-state index contributed by atoms with van der Waals surface area (Å²) >= 11 is 0. The molecule has 1 atom stereocenters. The van der Waals surface area contributed by atoms with Crippen molar-refractivity contribution in [2.75, 3.05) is 20.1 Å². The van der Waals surface area contributed by atoms with Crippen LogP contribution in [0, 0.1) is 0 Å². The van der Waals surface area contributed by atoms with Gasteiger partial charge >= 0.3 is 0 Å². The lowest BCUT2D eigenvalue weighted by molar-refractivity contribution is 0.0742. The maximum atomic E-state index is 13.0. The predicted octanol–water partition coefficient (Wildman–Crippen LogP) is 2.20. The van der Waals surface area contributed by atoms with Gasteiger partial charge in [-0.05, 0) is 42.8 Å². The molecule has 0 aliphatic rings. The van der Waals surface area contributed by atoms with Crippen molar-refractivity contribution in [3.05, 3.63) is 59.7 Å². The lowest BCUT2D eigenvalue weighted by atomic mass is 10.1. The summed E-state index contributed by atoms with van der Waals surface area (Å²) in [5, 5.41) is 5.19. The summed E-state index contributed by atoms with van der Waals surface area (Å²) in [7, 11) is -5.99. The van der Waals surface area contributed by atoms with E-state index in [1.165, 1.54) is 39.5 Å². The molecule has 2 aromatic carbocycles. The first kappa shape index (κ1) is 24.0. The highest BCUT2D eigenvalue weighted by atomic mass is 32.2. The zero-order valence-electron chi connectivity index (χ0n) is 17.4. The van der Waals surface area contributed by atoms with Crippen LogP contribution in [-0.4, -0.2) is 52.1 Å². The first-order chi connectivity index (χ1) is 13.9. The average molecular weight is 454 g/mol. The smallest absolute Gasteiger partial charge is 0.254 e. The number of sulfonamides is 2. The van der Waals surface area contributed by atoms with Crippen molar-refractivity contribution in [3.63, 3.8) is 0 Å². The summed E-state index contributed by atoms with van der Waals surface area (Å²) in [4.78, 5) is 14.4. The Kier molecular flexibility index (Phi) is 7.40. The molecule has 30 heavy (non-hydrogen) atoms. The highest BCUT2D eigenvalue weighted by Crippen LogP contribution is 2.24. The molecule has 8 nitrogen and oxygen atoms in total. The van der Waals surface area contributed by atoms with Crippen LogP contribution in [0.2, 0.25) is 0 Å². The van der Waals surface area contributed by atoms with Crippen molar-refractivity contribution in [3.8, 4) is 0 Å². The molecule has 2 rings (SSSR count). The maximum absolute atomic E-state index is 13.0. The minimum atomic E-state index is -3.87. The molecule has 2 N–H and O–H groups in total. The third-order valence-corrected chi connectivity index (χ3v) is 7.95. The summed E-state index contributed by atoms with van der Waals surface area (Å²) in [6.45, 7) is 5.90. The fraction of sp³-hybridized carbons (Fsp3) is 0.350. The summed E-state index contributed by atoms with van der Waals surface area (Å²) in [6, 6.07) is 11.5. The van der Waals surface area contributed by atoms with Gasteiger partial charge in [-0.3, -0.25) is 4.79 Å². The monoisotopic (exact) mass is 453 g/mol. The molecule has 2 aromatic rings. The van der Waals surface area contributed by atoms with Crippen LogP contribution in [0.5, 0.6) is 0 Å². The Morgan fingerprint density at radius 1 is 0.967 bits per heavy atom. The second kappa shape index (κ2) is 9.25. The van der Waals surface area contributed by atoms with Crippen molar-refractivity contribution >= 4 is 26.0 Å². The SMILES string of the molecule is CCN(CC)S(=O)(=O)c1cccc(C(=O)N(C)C(C)c2cccc(S(N)(=O)=O)c2)c1. The van der Waals surface area contributed by atoms with Crippen LogP contribution < -0.4 is 5.14 Å². The van der Waals surface area contributed by atoms with Gasteiger partial charge in [0, 0.05) is 25.7 Å². The average Bonchev–Trinajstić information content (AvgIpc) is 2.72. The number of benzene rings is 2. The second-order valence-electron chi connectivity index (χ2n) is 6.83. The lowest BCUT2D eigenvalue weighted by Gasteiger charge is -2.26. The summed E-state index contributed by atoms with van der Waals surface area (Å²) in [5.41, 5.74) is 0.810. The maximum Gasteiger partial charge on any atom is 0.254 e. The Balaban J connectivity index is 2.35. The van der Waals surface area contributed by atoms with Crippen molar-refractivity contribution < 1.29 is 21.6 Å². The van der Waals surface area contributed by atoms with Gasteiger partial charge in [0.2, 0.25) is 20.0 Å². The Morgan fingerprint density at radius 2 is 1.53 bits per heavy atom. The minimum absolute atomic E-state index is 0.0417. The van der Waals surface area contributed by atoms with Crippen molar-refractivity contribution in [1.29, 1.82) is 0 Å². The second-order valence-corrected chi connectivity index (χ2v) is 10.3. The number of hydrogen-bond acceptors (Lipinski definition) is 5. The van der Waals surface area contributed by atoms with Gasteiger partial charge in [0.1, 0.15) is 0 Å². The van der Waals surface area contributed by atoms with Crippen molar-refractivity contribution in [2.24, 2.45) is 5.14 Å². The molecule has 0 aromatic heterocycles. The van der Waals surface area contributed by atoms with Crippen molar-refractivity contribution in [1.82, 2.24) is 9.21 Å². The molecule has 10 heteroatoms. The molecule has 1 amide bonds. The number of nitrogens with zero attached hydrogens (tertiary/aromatic N) is 2. The van der Waals surface area contributed by atoms with E-state index >= 15 is 0 Å². The summed E-state index contributed by atoms with van der Waals surface area (Å²) < 4.78 is 50.0. The quantitative estimate of drug-likeness (QED) is 0.657. The number of amides is 1. The topological polar surface area (TPSA) is 118 Å². The third kappa shape index (κ3) is 5.07. The third-order valence-electron chi connectivity index (χ3n) is 4.99. The first-order valence-electron chi connectivity index (χ1n) is 9.43. The summed E-state index contributed by atoms with van der Waals surface area (Å²) in [5.74, 6) is -0.389. The fourth-order valence-electron chi connectivity index (χ4n) is 3.06. The normalized spacial score (nSPS) is 13.3. The van der Waals surface area contributed by atoms with Crippen LogP contribution >= 0.6 is 0 Å². The van der Waals surface area contributed by atoms with Gasteiger partial charge in [0.05, 0.1) is 15.8 Å². The lowest BCUT2D eigenvalue weighted by Crippen LogP contribution is -2.32. The molecule has 0 radical (unpaired) electrons. The van der Waals surface area contributed by atoms with E-state index in [0.717, 1.165) is 0 Å². The molecule has 0 saturated heterocycles. The molecule has 0 aliphatic heterocycles. The first-order valence-corrected chi connectivity index (χ1v) is 12.4. The van der Waals surface area contributed by atoms with Gasteiger partial charge in [0.25, 0.3) is 5.91 Å². The van der Waals surface area contributed by atoms with Crippen LogP contribution in [0.1, 0.15) is 42.7 Å². The van der Waals surface area contributed by atoms with Gasteiger partial charge in [-0.2, -0.15) is 4.31 Å². The van der Waals surface area contributed by atoms with Crippen molar-refractivity contribution in [2.45, 2.75) is 36.6 Å². The van der Waals surface area contributed by atoms with Gasteiger partial charge < -0.3 is 4.90 Å². The predicted molar refractivity (Wildman–Crippen MR) is 115 cm³/mol. The molecule has 0 fully saturated rings. The fourth-order valence-corrected chi connectivity index (χ4v) is 5.13. The Labute approximate surface area is 178 Å². The zero-order chi connectivity index (χ0) is 22.7. The van der Waals surface area contributed by atoms with E-state index in [-0.39, 0.29) is 21.3 Å². The number of carbonyl (C=O) groups is 1. The Bertz CT molecular complexity index is 1130. The van der Waals surface area contributed by atoms with Crippen LogP contribution in [0.25, 0.3) is 0 Å². The Hall–Kier alpha value is -2.27. The minimum Gasteiger partial charge on any atom is -0.335 e. The van der Waals surface area contributed by atoms with E-state index in [0.29, 0.717) is 18.7 Å². The molecule has 0 aliphatic carbocycles. The molecular formula is C20H27N3O5S2. The van der Waals surface area contributed by atoms with E-state index in [1.54, 1.807) is 46.0 Å². The number of hydrogen-bond donors (Lipinski definition) is 1. The van der Waals surface area contributed by atoms with Gasteiger partial charge in [-0.1, -0.05) is 32.0 Å². The van der Waals surface area contributed by atoms with E-state index in [2.05, 4.69) is 0 Å². The molecular weight excluding hydrogens is 426 g/mol. The molecule has 0 spiro atoms. The number of nitrogens with two attached hydrogens (primary N) is 1.